The van der Waals surface area contributed by atoms with Crippen LogP contribution in [0.2, 0.25) is 0 Å². The van der Waals surface area contributed by atoms with Gasteiger partial charge in [-0.25, -0.2) is 9.97 Å². The van der Waals surface area contributed by atoms with Gasteiger partial charge in [0.2, 0.25) is 5.75 Å². The molecule has 4 rings (SSSR count). The highest BCUT2D eigenvalue weighted by Crippen LogP contribution is 2.42. The second-order valence-electron chi connectivity index (χ2n) is 6.08. The number of ether oxygens (including phenoxy) is 3. The Morgan fingerprint density at radius 2 is 1.54 bits per heavy atom. The topological polar surface area (TPSA) is 108 Å². The van der Waals surface area contributed by atoms with E-state index in [1.165, 1.54) is 0 Å². The first-order valence-electron chi connectivity index (χ1n) is 8.51. The van der Waals surface area contributed by atoms with Crippen LogP contribution in [0, 0.1) is 0 Å². The number of hydrogen-bond acceptors (Lipinski definition) is 7. The van der Waals surface area contributed by atoms with E-state index in [1.807, 2.05) is 24.3 Å². The molecule has 0 amide bonds. The second kappa shape index (κ2) is 7.07. The minimum absolute atomic E-state index is 0.471. The normalized spacial score (nSPS) is 10.8. The third kappa shape index (κ3) is 2.94. The van der Waals surface area contributed by atoms with Gasteiger partial charge in [-0.05, 0) is 30.3 Å². The summed E-state index contributed by atoms with van der Waals surface area (Å²) in [5, 5.41) is 8.24. The van der Waals surface area contributed by atoms with Crippen LogP contribution in [-0.4, -0.2) is 41.5 Å². The molecule has 0 saturated carbocycles. The summed E-state index contributed by atoms with van der Waals surface area (Å²) in [4.78, 5) is 8.60. The molecule has 3 N–H and O–H groups in total. The Balaban J connectivity index is 1.87. The minimum Gasteiger partial charge on any atom is -0.493 e. The number of nitrogens with two attached hydrogens (primary N) is 1. The quantitative estimate of drug-likeness (QED) is 0.549. The van der Waals surface area contributed by atoms with Gasteiger partial charge in [0.15, 0.2) is 17.1 Å². The van der Waals surface area contributed by atoms with E-state index in [0.717, 1.165) is 27.8 Å². The van der Waals surface area contributed by atoms with Crippen LogP contribution in [0.15, 0.2) is 42.7 Å². The number of aromatic nitrogens is 4. The SMILES string of the molecule is COc1cc(-c2[nH]nc3ncc(-c4ccc(N)nc4)cc23)cc(OC)c1OC. The van der Waals surface area contributed by atoms with Crippen LogP contribution < -0.4 is 19.9 Å². The molecule has 1 aromatic carbocycles. The molecular formula is C20H19N5O3. The number of pyridine rings is 2. The van der Waals surface area contributed by atoms with E-state index in [-0.39, 0.29) is 0 Å². The molecule has 8 nitrogen and oxygen atoms in total. The average molecular weight is 377 g/mol. The van der Waals surface area contributed by atoms with Gasteiger partial charge in [0.05, 0.1) is 27.0 Å². The van der Waals surface area contributed by atoms with Crippen LogP contribution in [0.5, 0.6) is 17.2 Å². The molecule has 0 aliphatic heterocycles. The Morgan fingerprint density at radius 1 is 0.821 bits per heavy atom. The van der Waals surface area contributed by atoms with Crippen LogP contribution in [-0.2, 0) is 0 Å². The lowest BCUT2D eigenvalue weighted by Crippen LogP contribution is -1.96. The van der Waals surface area contributed by atoms with E-state index in [4.69, 9.17) is 19.9 Å². The fourth-order valence-corrected chi connectivity index (χ4v) is 3.08. The summed E-state index contributed by atoms with van der Waals surface area (Å²) in [5.41, 5.74) is 9.76. The Morgan fingerprint density at radius 3 is 2.14 bits per heavy atom. The maximum absolute atomic E-state index is 5.68. The van der Waals surface area contributed by atoms with Crippen molar-refractivity contribution in [1.29, 1.82) is 0 Å². The Kier molecular flexibility index (Phi) is 4.44. The predicted octanol–water partition coefficient (Wildman–Crippen LogP) is 3.29. The highest BCUT2D eigenvalue weighted by Gasteiger charge is 2.17. The summed E-state index contributed by atoms with van der Waals surface area (Å²) < 4.78 is 16.3. The first-order chi connectivity index (χ1) is 13.6. The number of hydrogen-bond donors (Lipinski definition) is 2. The van der Waals surface area contributed by atoms with Crippen molar-refractivity contribution in [2.45, 2.75) is 0 Å². The minimum atomic E-state index is 0.471. The van der Waals surface area contributed by atoms with Gasteiger partial charge < -0.3 is 19.9 Å². The first-order valence-corrected chi connectivity index (χ1v) is 8.51. The Bertz CT molecular complexity index is 1110. The third-order valence-electron chi connectivity index (χ3n) is 4.48. The van der Waals surface area contributed by atoms with Crippen molar-refractivity contribution in [3.8, 4) is 39.6 Å². The molecular weight excluding hydrogens is 358 g/mol. The highest BCUT2D eigenvalue weighted by molar-refractivity contribution is 5.94. The van der Waals surface area contributed by atoms with Crippen molar-refractivity contribution in [3.63, 3.8) is 0 Å². The molecule has 0 bridgehead atoms. The smallest absolute Gasteiger partial charge is 0.203 e. The summed E-state index contributed by atoms with van der Waals surface area (Å²) in [6.07, 6.45) is 3.48. The van der Waals surface area contributed by atoms with Gasteiger partial charge in [-0.15, -0.1) is 0 Å². The molecule has 8 heteroatoms. The summed E-state index contributed by atoms with van der Waals surface area (Å²) >= 11 is 0. The number of benzene rings is 1. The van der Waals surface area contributed by atoms with Gasteiger partial charge in [0.1, 0.15) is 5.82 Å². The second-order valence-corrected chi connectivity index (χ2v) is 6.08. The van der Waals surface area contributed by atoms with E-state index in [0.29, 0.717) is 28.7 Å². The lowest BCUT2D eigenvalue weighted by molar-refractivity contribution is 0.324. The molecule has 0 aliphatic carbocycles. The van der Waals surface area contributed by atoms with E-state index in [9.17, 15) is 0 Å². The number of nitrogen functional groups attached to an aromatic ring is 1. The molecule has 0 unspecified atom stereocenters. The zero-order valence-corrected chi connectivity index (χ0v) is 15.7. The molecule has 3 heterocycles. The number of methoxy groups -OCH3 is 3. The van der Waals surface area contributed by atoms with Crippen molar-refractivity contribution in [2.24, 2.45) is 0 Å². The number of fused-ring (bicyclic) bond motifs is 1. The van der Waals surface area contributed by atoms with Crippen LogP contribution in [0.25, 0.3) is 33.4 Å². The summed E-state index contributed by atoms with van der Waals surface area (Å²) in [6.45, 7) is 0. The molecule has 0 saturated heterocycles. The number of nitrogens with zero attached hydrogens (tertiary/aromatic N) is 3. The predicted molar refractivity (Wildman–Crippen MR) is 107 cm³/mol. The van der Waals surface area contributed by atoms with Crippen molar-refractivity contribution in [1.82, 2.24) is 20.2 Å². The molecule has 142 valence electrons. The summed E-state index contributed by atoms with van der Waals surface area (Å²) in [5.74, 6) is 2.13. The number of anilines is 1. The first kappa shape index (κ1) is 17.6. The number of nitrogens with one attached hydrogen (secondary N) is 1. The number of aromatic amines is 1. The van der Waals surface area contributed by atoms with E-state index < -0.39 is 0 Å². The molecule has 28 heavy (non-hydrogen) atoms. The van der Waals surface area contributed by atoms with Crippen molar-refractivity contribution in [3.05, 3.63) is 42.7 Å². The van der Waals surface area contributed by atoms with Gasteiger partial charge in [0, 0.05) is 34.5 Å². The van der Waals surface area contributed by atoms with Gasteiger partial charge in [-0.3, -0.25) is 5.10 Å². The van der Waals surface area contributed by atoms with E-state index in [2.05, 4.69) is 20.2 Å². The lowest BCUT2D eigenvalue weighted by atomic mass is 10.0. The molecule has 4 aromatic rings. The third-order valence-corrected chi connectivity index (χ3v) is 4.48. The number of H-pyrrole nitrogens is 1. The van der Waals surface area contributed by atoms with E-state index in [1.54, 1.807) is 39.8 Å². The van der Waals surface area contributed by atoms with Gasteiger partial charge >= 0.3 is 0 Å². The maximum atomic E-state index is 5.68. The molecule has 0 spiro atoms. The molecule has 0 fully saturated rings. The summed E-state index contributed by atoms with van der Waals surface area (Å²) in [7, 11) is 4.74. The van der Waals surface area contributed by atoms with Gasteiger partial charge in [-0.1, -0.05) is 0 Å². The highest BCUT2D eigenvalue weighted by atomic mass is 16.5. The zero-order chi connectivity index (χ0) is 19.7. The van der Waals surface area contributed by atoms with E-state index >= 15 is 0 Å². The Labute approximate surface area is 161 Å². The van der Waals surface area contributed by atoms with Crippen molar-refractivity contribution in [2.75, 3.05) is 27.1 Å². The number of rotatable bonds is 5. The maximum Gasteiger partial charge on any atom is 0.203 e. The van der Waals surface area contributed by atoms with Gasteiger partial charge in [-0.2, -0.15) is 5.10 Å². The van der Waals surface area contributed by atoms with Crippen LogP contribution >= 0.6 is 0 Å². The fourth-order valence-electron chi connectivity index (χ4n) is 3.08. The molecule has 0 aliphatic rings. The molecule has 3 aromatic heterocycles. The molecule has 0 radical (unpaired) electrons. The van der Waals surface area contributed by atoms with Crippen molar-refractivity contribution >= 4 is 16.9 Å². The van der Waals surface area contributed by atoms with Crippen LogP contribution in [0.3, 0.4) is 0 Å². The van der Waals surface area contributed by atoms with Crippen LogP contribution in [0.4, 0.5) is 5.82 Å². The molecule has 0 atom stereocenters. The largest absolute Gasteiger partial charge is 0.493 e. The lowest BCUT2D eigenvalue weighted by Gasteiger charge is -2.13. The monoisotopic (exact) mass is 377 g/mol. The standard InChI is InChI=1S/C20H19N5O3/c1-26-15-7-12(8-16(27-2)19(15)28-3)18-14-6-13(10-23-20(14)25-24-18)11-4-5-17(21)22-9-11/h4-10H,1-3H3,(H2,21,22)(H,23,24,25). The van der Waals surface area contributed by atoms with Crippen LogP contribution in [0.1, 0.15) is 0 Å². The van der Waals surface area contributed by atoms with Crippen molar-refractivity contribution < 1.29 is 14.2 Å². The van der Waals surface area contributed by atoms with Gasteiger partial charge in [0.25, 0.3) is 0 Å². The Hall–Kier alpha value is -3.81. The fraction of sp³-hybridized carbons (Fsp3) is 0.150. The average Bonchev–Trinajstić information content (AvgIpc) is 3.16. The zero-order valence-electron chi connectivity index (χ0n) is 15.7. The summed E-state index contributed by atoms with van der Waals surface area (Å²) in [6, 6.07) is 9.41.